The molecule has 0 radical (unpaired) electrons. The van der Waals surface area contributed by atoms with E-state index in [1.807, 2.05) is 6.07 Å². The highest BCUT2D eigenvalue weighted by Gasteiger charge is 2.21. The minimum atomic E-state index is -0.356. The van der Waals surface area contributed by atoms with Crippen LogP contribution in [0.4, 0.5) is 0 Å². The Hall–Kier alpha value is -2.12. The third-order valence-corrected chi connectivity index (χ3v) is 3.82. The van der Waals surface area contributed by atoms with Gasteiger partial charge in [0.15, 0.2) is 0 Å². The van der Waals surface area contributed by atoms with Crippen LogP contribution in [0.2, 0.25) is 0 Å². The summed E-state index contributed by atoms with van der Waals surface area (Å²) in [5.41, 5.74) is 8.66. The smallest absolute Gasteiger partial charge is 0.0422 e. The molecule has 0 bridgehead atoms. The molecule has 0 aliphatic rings. The molecule has 0 aliphatic carbocycles. The Morgan fingerprint density at radius 2 is 1.45 bits per heavy atom. The number of hydrogen-bond donors (Lipinski definition) is 1. The highest BCUT2D eigenvalue weighted by molar-refractivity contribution is 5.83. The lowest BCUT2D eigenvalue weighted by atomic mass is 9.85. The molecular weight excluding hydrogens is 242 g/mol. The molecule has 0 fully saturated rings. The molecular formula is C19H19N. The topological polar surface area (TPSA) is 26.0 Å². The quantitative estimate of drug-likeness (QED) is 0.749. The van der Waals surface area contributed by atoms with E-state index in [1.165, 1.54) is 21.9 Å². The number of benzene rings is 3. The zero-order valence-corrected chi connectivity index (χ0v) is 11.7. The summed E-state index contributed by atoms with van der Waals surface area (Å²) < 4.78 is 0. The molecule has 1 unspecified atom stereocenters. The molecule has 0 aliphatic heterocycles. The molecule has 100 valence electrons. The fourth-order valence-corrected chi connectivity index (χ4v) is 2.67. The SMILES string of the molecule is CC(N)(Cc1ccccc1)c1ccc2ccccc2c1. The molecule has 1 heteroatoms. The van der Waals surface area contributed by atoms with Gasteiger partial charge in [0.25, 0.3) is 0 Å². The normalized spacial score (nSPS) is 14.1. The van der Waals surface area contributed by atoms with E-state index in [9.17, 15) is 0 Å². The van der Waals surface area contributed by atoms with Crippen LogP contribution in [0.3, 0.4) is 0 Å². The summed E-state index contributed by atoms with van der Waals surface area (Å²) >= 11 is 0. The Morgan fingerprint density at radius 1 is 0.800 bits per heavy atom. The minimum absolute atomic E-state index is 0.356. The van der Waals surface area contributed by atoms with Gasteiger partial charge in [-0.25, -0.2) is 0 Å². The zero-order chi connectivity index (χ0) is 14.0. The maximum atomic E-state index is 6.56. The fraction of sp³-hybridized carbons (Fsp3) is 0.158. The Kier molecular flexibility index (Phi) is 3.29. The van der Waals surface area contributed by atoms with Crippen LogP contribution in [-0.4, -0.2) is 0 Å². The van der Waals surface area contributed by atoms with Gasteiger partial charge < -0.3 is 5.73 Å². The van der Waals surface area contributed by atoms with Crippen LogP contribution in [0.15, 0.2) is 72.8 Å². The third kappa shape index (κ3) is 2.59. The standard InChI is InChI=1S/C19H19N/c1-19(20,14-15-7-3-2-4-8-15)18-12-11-16-9-5-6-10-17(16)13-18/h2-13H,14,20H2,1H3. The van der Waals surface area contributed by atoms with Crippen molar-refractivity contribution in [2.45, 2.75) is 18.9 Å². The average molecular weight is 261 g/mol. The minimum Gasteiger partial charge on any atom is -0.321 e. The van der Waals surface area contributed by atoms with Crippen LogP contribution < -0.4 is 5.73 Å². The van der Waals surface area contributed by atoms with E-state index in [0.29, 0.717) is 0 Å². The van der Waals surface area contributed by atoms with Crippen molar-refractivity contribution in [2.75, 3.05) is 0 Å². The molecule has 0 aromatic heterocycles. The van der Waals surface area contributed by atoms with Gasteiger partial charge in [-0.05, 0) is 41.3 Å². The van der Waals surface area contributed by atoms with Crippen molar-refractivity contribution in [3.8, 4) is 0 Å². The van der Waals surface area contributed by atoms with Gasteiger partial charge in [-0.3, -0.25) is 0 Å². The Balaban J connectivity index is 1.96. The van der Waals surface area contributed by atoms with E-state index in [1.54, 1.807) is 0 Å². The van der Waals surface area contributed by atoms with Crippen molar-refractivity contribution in [3.63, 3.8) is 0 Å². The number of nitrogens with two attached hydrogens (primary N) is 1. The van der Waals surface area contributed by atoms with Crippen LogP contribution in [0, 0.1) is 0 Å². The third-order valence-electron chi connectivity index (χ3n) is 3.82. The zero-order valence-electron chi connectivity index (χ0n) is 11.7. The molecule has 1 atom stereocenters. The van der Waals surface area contributed by atoms with Crippen molar-refractivity contribution in [1.29, 1.82) is 0 Å². The van der Waals surface area contributed by atoms with Crippen LogP contribution in [0.5, 0.6) is 0 Å². The monoisotopic (exact) mass is 261 g/mol. The molecule has 0 amide bonds. The Labute approximate surface area is 120 Å². The maximum absolute atomic E-state index is 6.56. The first kappa shape index (κ1) is 12.9. The van der Waals surface area contributed by atoms with E-state index in [2.05, 4.69) is 73.7 Å². The highest BCUT2D eigenvalue weighted by atomic mass is 14.7. The first-order valence-corrected chi connectivity index (χ1v) is 6.97. The molecule has 0 heterocycles. The van der Waals surface area contributed by atoms with Gasteiger partial charge >= 0.3 is 0 Å². The molecule has 0 saturated heterocycles. The second-order valence-corrected chi connectivity index (χ2v) is 5.64. The summed E-state index contributed by atoms with van der Waals surface area (Å²) in [5, 5.41) is 2.50. The van der Waals surface area contributed by atoms with Gasteiger partial charge in [0.2, 0.25) is 0 Å². The molecule has 3 rings (SSSR count). The molecule has 3 aromatic rings. The summed E-state index contributed by atoms with van der Waals surface area (Å²) in [5.74, 6) is 0. The van der Waals surface area contributed by atoms with Crippen molar-refractivity contribution < 1.29 is 0 Å². The van der Waals surface area contributed by atoms with Gasteiger partial charge in [-0.15, -0.1) is 0 Å². The van der Waals surface area contributed by atoms with Crippen LogP contribution in [0.1, 0.15) is 18.1 Å². The van der Waals surface area contributed by atoms with Crippen LogP contribution in [-0.2, 0) is 12.0 Å². The van der Waals surface area contributed by atoms with E-state index in [-0.39, 0.29) is 5.54 Å². The molecule has 1 nitrogen and oxygen atoms in total. The van der Waals surface area contributed by atoms with E-state index in [0.717, 1.165) is 6.42 Å². The second kappa shape index (κ2) is 5.10. The highest BCUT2D eigenvalue weighted by Crippen LogP contribution is 2.26. The van der Waals surface area contributed by atoms with Gasteiger partial charge in [0, 0.05) is 5.54 Å². The molecule has 0 saturated carbocycles. The average Bonchev–Trinajstić information content (AvgIpc) is 2.47. The van der Waals surface area contributed by atoms with Crippen molar-refractivity contribution in [1.82, 2.24) is 0 Å². The largest absolute Gasteiger partial charge is 0.321 e. The summed E-state index contributed by atoms with van der Waals surface area (Å²) in [6.07, 6.45) is 0.839. The fourth-order valence-electron chi connectivity index (χ4n) is 2.67. The Morgan fingerprint density at radius 3 is 2.20 bits per heavy atom. The number of hydrogen-bond acceptors (Lipinski definition) is 1. The first-order chi connectivity index (χ1) is 9.65. The van der Waals surface area contributed by atoms with Gasteiger partial charge in [0.1, 0.15) is 0 Å². The lowest BCUT2D eigenvalue weighted by Gasteiger charge is -2.26. The number of rotatable bonds is 3. The lowest BCUT2D eigenvalue weighted by Crippen LogP contribution is -2.35. The van der Waals surface area contributed by atoms with Crippen molar-refractivity contribution >= 4 is 10.8 Å². The predicted octanol–water partition coefficient (Wildman–Crippen LogP) is 4.26. The van der Waals surface area contributed by atoms with E-state index < -0.39 is 0 Å². The van der Waals surface area contributed by atoms with Crippen molar-refractivity contribution in [3.05, 3.63) is 83.9 Å². The van der Waals surface area contributed by atoms with Gasteiger partial charge in [-0.2, -0.15) is 0 Å². The van der Waals surface area contributed by atoms with E-state index >= 15 is 0 Å². The van der Waals surface area contributed by atoms with Gasteiger partial charge in [0.05, 0.1) is 0 Å². The number of fused-ring (bicyclic) bond motifs is 1. The lowest BCUT2D eigenvalue weighted by molar-refractivity contribution is 0.492. The molecule has 2 N–H and O–H groups in total. The van der Waals surface area contributed by atoms with Crippen molar-refractivity contribution in [2.24, 2.45) is 5.73 Å². The van der Waals surface area contributed by atoms with Crippen LogP contribution >= 0.6 is 0 Å². The Bertz CT molecular complexity index is 714. The predicted molar refractivity (Wildman–Crippen MR) is 85.6 cm³/mol. The van der Waals surface area contributed by atoms with Gasteiger partial charge in [-0.1, -0.05) is 66.7 Å². The van der Waals surface area contributed by atoms with Crippen LogP contribution in [0.25, 0.3) is 10.8 Å². The summed E-state index contributed by atoms with van der Waals surface area (Å²) in [6.45, 7) is 2.10. The first-order valence-electron chi connectivity index (χ1n) is 6.97. The summed E-state index contributed by atoms with van der Waals surface area (Å²) in [4.78, 5) is 0. The molecule has 20 heavy (non-hydrogen) atoms. The summed E-state index contributed by atoms with van der Waals surface area (Å²) in [7, 11) is 0. The maximum Gasteiger partial charge on any atom is 0.0422 e. The molecule has 3 aromatic carbocycles. The van der Waals surface area contributed by atoms with E-state index in [4.69, 9.17) is 5.73 Å². The summed E-state index contributed by atoms with van der Waals surface area (Å²) in [6, 6.07) is 25.3. The molecule has 0 spiro atoms. The second-order valence-electron chi connectivity index (χ2n) is 5.64.